The Morgan fingerprint density at radius 3 is 2.56 bits per heavy atom. The summed E-state index contributed by atoms with van der Waals surface area (Å²) in [7, 11) is 1.60. The fraction of sp³-hybridized carbons (Fsp3) is 0.417. The summed E-state index contributed by atoms with van der Waals surface area (Å²) >= 11 is 3.47. The normalized spacial score (nSPS) is 11.9. The molecule has 16 heavy (non-hydrogen) atoms. The molecule has 0 aliphatic rings. The third-order valence-corrected chi connectivity index (χ3v) is 3.25. The second kappa shape index (κ2) is 6.53. The minimum atomic E-state index is -0.0550. The Hall–Kier alpha value is -1.03. The lowest BCUT2D eigenvalue weighted by atomic mass is 10.2. The van der Waals surface area contributed by atoms with E-state index in [4.69, 9.17) is 4.74 Å². The van der Waals surface area contributed by atoms with Crippen molar-refractivity contribution in [2.45, 2.75) is 18.2 Å². The van der Waals surface area contributed by atoms with Gasteiger partial charge in [0.15, 0.2) is 0 Å². The molecule has 0 aliphatic heterocycles. The summed E-state index contributed by atoms with van der Waals surface area (Å²) in [6, 6.07) is 7.06. The average molecular weight is 286 g/mol. The Balaban J connectivity index is 2.52. The first-order valence-corrected chi connectivity index (χ1v) is 6.15. The number of rotatable bonds is 5. The van der Waals surface area contributed by atoms with Crippen molar-refractivity contribution in [1.29, 1.82) is 0 Å². The first kappa shape index (κ1) is 13.0. The maximum atomic E-state index is 11.7. The van der Waals surface area contributed by atoms with Crippen LogP contribution < -0.4 is 10.1 Å². The summed E-state index contributed by atoms with van der Waals surface area (Å²) in [5.74, 6) is 0.698. The van der Waals surface area contributed by atoms with E-state index in [1.165, 1.54) is 0 Å². The Bertz CT molecular complexity index is 337. The number of hydrogen-bond donors (Lipinski definition) is 1. The molecule has 1 aromatic rings. The van der Waals surface area contributed by atoms with Crippen LogP contribution in [0.15, 0.2) is 24.3 Å². The van der Waals surface area contributed by atoms with Gasteiger partial charge in [0.1, 0.15) is 5.75 Å². The predicted molar refractivity (Wildman–Crippen MR) is 68.3 cm³/mol. The van der Waals surface area contributed by atoms with Crippen LogP contribution >= 0.6 is 15.9 Å². The molecule has 1 aromatic carbocycles. The minimum absolute atomic E-state index is 0.0550. The van der Waals surface area contributed by atoms with Crippen LogP contribution in [0.3, 0.4) is 0 Å². The van der Waals surface area contributed by atoms with Crippen molar-refractivity contribution in [3.8, 4) is 5.75 Å². The highest BCUT2D eigenvalue weighted by atomic mass is 79.9. The second-order valence-electron chi connectivity index (χ2n) is 3.44. The molecule has 0 radical (unpaired) electrons. The lowest BCUT2D eigenvalue weighted by Crippen LogP contribution is -2.29. The van der Waals surface area contributed by atoms with Crippen LogP contribution in [-0.4, -0.2) is 24.4 Å². The van der Waals surface area contributed by atoms with Crippen LogP contribution in [0.4, 0.5) is 0 Å². The standard InChI is InChI=1S/C12H16BrNO2/c1-3-10(13)8-14-12(15)9-4-6-11(16-2)7-5-9/h4-7,10H,3,8H2,1-2H3,(H,14,15). The number of halogens is 1. The number of alkyl halides is 1. The van der Waals surface area contributed by atoms with Crippen LogP contribution in [0.2, 0.25) is 0 Å². The first-order valence-electron chi connectivity index (χ1n) is 5.23. The number of hydrogen-bond acceptors (Lipinski definition) is 2. The lowest BCUT2D eigenvalue weighted by Gasteiger charge is -2.09. The molecule has 0 spiro atoms. The zero-order chi connectivity index (χ0) is 12.0. The predicted octanol–water partition coefficient (Wildman–Crippen LogP) is 2.60. The maximum Gasteiger partial charge on any atom is 0.251 e. The van der Waals surface area contributed by atoms with Crippen LogP contribution in [0.25, 0.3) is 0 Å². The van der Waals surface area contributed by atoms with Gasteiger partial charge in [-0.1, -0.05) is 22.9 Å². The number of amides is 1. The molecule has 0 saturated carbocycles. The van der Waals surface area contributed by atoms with Crippen molar-refractivity contribution >= 4 is 21.8 Å². The quantitative estimate of drug-likeness (QED) is 0.845. The molecule has 88 valence electrons. The molecular formula is C12H16BrNO2. The van der Waals surface area contributed by atoms with E-state index in [2.05, 4.69) is 28.2 Å². The fourth-order valence-electron chi connectivity index (χ4n) is 1.19. The molecule has 0 saturated heterocycles. The summed E-state index contributed by atoms with van der Waals surface area (Å²) in [6.07, 6.45) is 0.989. The molecule has 1 atom stereocenters. The van der Waals surface area contributed by atoms with Gasteiger partial charge in [-0.25, -0.2) is 0 Å². The molecule has 0 aromatic heterocycles. The summed E-state index contributed by atoms with van der Waals surface area (Å²) in [5, 5.41) is 2.86. The average Bonchev–Trinajstić information content (AvgIpc) is 2.35. The number of ether oxygens (including phenoxy) is 1. The third-order valence-electron chi connectivity index (χ3n) is 2.28. The highest BCUT2D eigenvalue weighted by Gasteiger charge is 2.07. The molecular weight excluding hydrogens is 270 g/mol. The van der Waals surface area contributed by atoms with Crippen LogP contribution in [0.1, 0.15) is 23.7 Å². The summed E-state index contributed by atoms with van der Waals surface area (Å²) in [4.78, 5) is 12.0. The molecule has 0 heterocycles. The van der Waals surface area contributed by atoms with Crippen molar-refractivity contribution in [1.82, 2.24) is 5.32 Å². The Kier molecular flexibility index (Phi) is 5.32. The van der Waals surface area contributed by atoms with Crippen LogP contribution in [-0.2, 0) is 0 Å². The topological polar surface area (TPSA) is 38.3 Å². The molecule has 1 unspecified atom stereocenters. The van der Waals surface area contributed by atoms with Crippen LogP contribution in [0, 0.1) is 0 Å². The molecule has 3 nitrogen and oxygen atoms in total. The highest BCUT2D eigenvalue weighted by Crippen LogP contribution is 2.11. The monoisotopic (exact) mass is 285 g/mol. The van der Waals surface area contributed by atoms with Gasteiger partial charge < -0.3 is 10.1 Å². The van der Waals surface area contributed by atoms with E-state index in [1.54, 1.807) is 31.4 Å². The smallest absolute Gasteiger partial charge is 0.251 e. The van der Waals surface area contributed by atoms with Gasteiger partial charge in [0, 0.05) is 16.9 Å². The maximum absolute atomic E-state index is 11.7. The van der Waals surface area contributed by atoms with E-state index >= 15 is 0 Å². The SMILES string of the molecule is CCC(Br)CNC(=O)c1ccc(OC)cc1. The Morgan fingerprint density at radius 2 is 2.06 bits per heavy atom. The number of nitrogens with one attached hydrogen (secondary N) is 1. The zero-order valence-corrected chi connectivity index (χ0v) is 11.1. The first-order chi connectivity index (χ1) is 7.67. The van der Waals surface area contributed by atoms with E-state index < -0.39 is 0 Å². The van der Waals surface area contributed by atoms with Gasteiger partial charge in [0.05, 0.1) is 7.11 Å². The zero-order valence-electron chi connectivity index (χ0n) is 9.50. The Morgan fingerprint density at radius 1 is 1.44 bits per heavy atom. The Labute approximate surface area is 104 Å². The second-order valence-corrected chi connectivity index (χ2v) is 4.74. The van der Waals surface area contributed by atoms with Gasteiger partial charge in [-0.05, 0) is 30.7 Å². The van der Waals surface area contributed by atoms with E-state index in [9.17, 15) is 4.79 Å². The van der Waals surface area contributed by atoms with E-state index in [-0.39, 0.29) is 5.91 Å². The summed E-state index contributed by atoms with van der Waals surface area (Å²) < 4.78 is 5.03. The van der Waals surface area contributed by atoms with Gasteiger partial charge in [0.2, 0.25) is 0 Å². The van der Waals surface area contributed by atoms with Crippen molar-refractivity contribution in [3.63, 3.8) is 0 Å². The van der Waals surface area contributed by atoms with Gasteiger partial charge in [-0.15, -0.1) is 0 Å². The number of carbonyl (C=O) groups excluding carboxylic acids is 1. The van der Waals surface area contributed by atoms with Gasteiger partial charge in [0.25, 0.3) is 5.91 Å². The van der Waals surface area contributed by atoms with E-state index in [1.807, 2.05) is 0 Å². The minimum Gasteiger partial charge on any atom is -0.497 e. The summed E-state index contributed by atoms with van der Waals surface area (Å²) in [6.45, 7) is 2.71. The number of benzene rings is 1. The fourth-order valence-corrected chi connectivity index (χ4v) is 1.35. The largest absolute Gasteiger partial charge is 0.497 e. The van der Waals surface area contributed by atoms with Gasteiger partial charge >= 0.3 is 0 Å². The van der Waals surface area contributed by atoms with Crippen LogP contribution in [0.5, 0.6) is 5.75 Å². The van der Waals surface area contributed by atoms with Crippen molar-refractivity contribution in [2.24, 2.45) is 0 Å². The van der Waals surface area contributed by atoms with Crippen molar-refractivity contribution < 1.29 is 9.53 Å². The summed E-state index contributed by atoms with van der Waals surface area (Å²) in [5.41, 5.74) is 0.650. The van der Waals surface area contributed by atoms with Gasteiger partial charge in [-0.2, -0.15) is 0 Å². The van der Waals surface area contributed by atoms with Gasteiger partial charge in [-0.3, -0.25) is 4.79 Å². The molecule has 1 rings (SSSR count). The molecule has 0 fully saturated rings. The number of carbonyl (C=O) groups is 1. The molecule has 0 bridgehead atoms. The van der Waals surface area contributed by atoms with Crippen molar-refractivity contribution in [2.75, 3.05) is 13.7 Å². The highest BCUT2D eigenvalue weighted by molar-refractivity contribution is 9.09. The molecule has 0 aliphatic carbocycles. The third kappa shape index (κ3) is 3.85. The van der Waals surface area contributed by atoms with E-state index in [0.717, 1.165) is 12.2 Å². The lowest BCUT2D eigenvalue weighted by molar-refractivity contribution is 0.0954. The van der Waals surface area contributed by atoms with Crippen molar-refractivity contribution in [3.05, 3.63) is 29.8 Å². The molecule has 4 heteroatoms. The molecule has 1 N–H and O–H groups in total. The van der Waals surface area contributed by atoms with E-state index in [0.29, 0.717) is 16.9 Å². The molecule has 1 amide bonds. The number of methoxy groups -OCH3 is 1.